The van der Waals surface area contributed by atoms with Crippen molar-refractivity contribution >= 4 is 49.7 Å². The van der Waals surface area contributed by atoms with E-state index in [1.165, 1.54) is 24.5 Å². The Morgan fingerprint density at radius 2 is 1.97 bits per heavy atom. The van der Waals surface area contributed by atoms with Crippen molar-refractivity contribution < 1.29 is 17.5 Å². The number of nitrogens with one attached hydrogen (secondary N) is 2. The molecule has 2 N–H and O–H groups in total. The van der Waals surface area contributed by atoms with Crippen LogP contribution in [0.2, 0.25) is 5.02 Å². The van der Waals surface area contributed by atoms with Crippen LogP contribution in [-0.2, 0) is 21.3 Å². The summed E-state index contributed by atoms with van der Waals surface area (Å²) in [7, 11) is -3.50. The Hall–Kier alpha value is -2.53. The summed E-state index contributed by atoms with van der Waals surface area (Å²) in [6.07, 6.45) is 2.52. The maximum atomic E-state index is 13.5. The Bertz CT molecular complexity index is 1220. The SMILES string of the molecule is CS(=O)(=O)Nc1cc2c(Nc3ccc(F)c(Cl)c3)ncnc2cc1CN1CCOCC1. The number of aromatic nitrogens is 2. The van der Waals surface area contributed by atoms with Crippen molar-refractivity contribution in [2.75, 3.05) is 42.6 Å². The highest BCUT2D eigenvalue weighted by Gasteiger charge is 2.17. The number of rotatable bonds is 6. The van der Waals surface area contributed by atoms with E-state index in [-0.39, 0.29) is 5.02 Å². The van der Waals surface area contributed by atoms with Crippen LogP contribution in [0.1, 0.15) is 5.56 Å². The normalized spacial score (nSPS) is 15.2. The number of hydrogen-bond acceptors (Lipinski definition) is 7. The van der Waals surface area contributed by atoms with E-state index in [2.05, 4.69) is 24.9 Å². The zero-order valence-electron chi connectivity index (χ0n) is 16.7. The lowest BCUT2D eigenvalue weighted by atomic mass is 10.1. The van der Waals surface area contributed by atoms with Crippen molar-refractivity contribution in [2.45, 2.75) is 6.54 Å². The van der Waals surface area contributed by atoms with Gasteiger partial charge in [-0.15, -0.1) is 0 Å². The predicted octanol–water partition coefficient (Wildman–Crippen LogP) is 3.37. The van der Waals surface area contributed by atoms with Crippen molar-refractivity contribution in [1.29, 1.82) is 0 Å². The number of benzene rings is 2. The molecule has 1 aromatic heterocycles. The highest BCUT2D eigenvalue weighted by atomic mass is 35.5. The van der Waals surface area contributed by atoms with Crippen LogP contribution >= 0.6 is 11.6 Å². The van der Waals surface area contributed by atoms with Gasteiger partial charge >= 0.3 is 0 Å². The van der Waals surface area contributed by atoms with Gasteiger partial charge in [0.1, 0.15) is 18.0 Å². The summed E-state index contributed by atoms with van der Waals surface area (Å²) in [4.78, 5) is 10.8. The summed E-state index contributed by atoms with van der Waals surface area (Å²) < 4.78 is 45.4. The van der Waals surface area contributed by atoms with E-state index in [1.54, 1.807) is 6.07 Å². The van der Waals surface area contributed by atoms with E-state index < -0.39 is 15.8 Å². The average Bonchev–Trinajstić information content (AvgIpc) is 2.71. The van der Waals surface area contributed by atoms with Crippen LogP contribution in [0, 0.1) is 5.82 Å². The molecule has 4 rings (SSSR count). The number of halogens is 2. The molecule has 2 heterocycles. The van der Waals surface area contributed by atoms with Crippen LogP contribution in [0.15, 0.2) is 36.7 Å². The first-order valence-corrected chi connectivity index (χ1v) is 11.8. The topological polar surface area (TPSA) is 96.5 Å². The zero-order valence-corrected chi connectivity index (χ0v) is 18.3. The standard InChI is InChI=1S/C20H21ClFN5O3S/c1-31(28,29)26-18-10-15-19(8-13(18)11-27-4-6-30-7-5-27)23-12-24-20(15)25-14-2-3-17(22)16(21)9-14/h2-3,8-10,12,26H,4-7,11H2,1H3,(H,23,24,25). The second-order valence-electron chi connectivity index (χ2n) is 7.27. The molecule has 0 saturated carbocycles. The Balaban J connectivity index is 1.75. The van der Waals surface area contributed by atoms with Crippen molar-refractivity contribution in [3.8, 4) is 0 Å². The molecule has 8 nitrogen and oxygen atoms in total. The minimum atomic E-state index is -3.50. The van der Waals surface area contributed by atoms with Gasteiger partial charge in [0.15, 0.2) is 0 Å². The molecule has 1 aliphatic heterocycles. The van der Waals surface area contributed by atoms with E-state index in [9.17, 15) is 12.8 Å². The molecular weight excluding hydrogens is 445 g/mol. The van der Waals surface area contributed by atoms with Crippen molar-refractivity contribution in [2.24, 2.45) is 0 Å². The number of nitrogens with zero attached hydrogens (tertiary/aromatic N) is 3. The first kappa shape index (κ1) is 21.7. The first-order chi connectivity index (χ1) is 14.8. The summed E-state index contributed by atoms with van der Waals surface area (Å²) >= 11 is 5.87. The lowest BCUT2D eigenvalue weighted by Gasteiger charge is -2.27. The van der Waals surface area contributed by atoms with Crippen LogP contribution in [0.25, 0.3) is 10.9 Å². The Morgan fingerprint density at radius 3 is 2.68 bits per heavy atom. The minimum Gasteiger partial charge on any atom is -0.379 e. The van der Waals surface area contributed by atoms with Gasteiger partial charge in [-0.25, -0.2) is 22.8 Å². The van der Waals surface area contributed by atoms with Crippen molar-refractivity contribution in [3.05, 3.63) is 53.1 Å². The first-order valence-electron chi connectivity index (χ1n) is 9.56. The largest absolute Gasteiger partial charge is 0.379 e. The van der Waals surface area contributed by atoms with Gasteiger partial charge in [-0.1, -0.05) is 11.6 Å². The number of morpholine rings is 1. The molecule has 1 saturated heterocycles. The zero-order chi connectivity index (χ0) is 22.0. The van der Waals surface area contributed by atoms with Crippen LogP contribution in [0.4, 0.5) is 21.6 Å². The van der Waals surface area contributed by atoms with Gasteiger partial charge in [0, 0.05) is 30.7 Å². The summed E-state index contributed by atoms with van der Waals surface area (Å²) in [6.45, 7) is 3.35. The second kappa shape index (κ2) is 8.91. The van der Waals surface area contributed by atoms with Gasteiger partial charge in [0.2, 0.25) is 10.0 Å². The molecule has 0 bridgehead atoms. The van der Waals surface area contributed by atoms with Gasteiger partial charge in [-0.05, 0) is 35.9 Å². The molecule has 0 unspecified atom stereocenters. The number of ether oxygens (including phenoxy) is 1. The molecule has 31 heavy (non-hydrogen) atoms. The molecule has 1 fully saturated rings. The van der Waals surface area contributed by atoms with Crippen LogP contribution in [0.3, 0.4) is 0 Å². The summed E-state index contributed by atoms with van der Waals surface area (Å²) in [5.74, 6) is -0.0747. The third-order valence-electron chi connectivity index (χ3n) is 4.84. The van der Waals surface area contributed by atoms with Gasteiger partial charge in [0.25, 0.3) is 0 Å². The maximum Gasteiger partial charge on any atom is 0.229 e. The molecule has 3 aromatic rings. The number of sulfonamides is 1. The minimum absolute atomic E-state index is 0.0180. The van der Waals surface area contributed by atoms with E-state index in [1.807, 2.05) is 6.07 Å². The lowest BCUT2D eigenvalue weighted by molar-refractivity contribution is 0.0343. The van der Waals surface area contributed by atoms with E-state index >= 15 is 0 Å². The predicted molar refractivity (Wildman–Crippen MR) is 119 cm³/mol. The molecule has 164 valence electrons. The van der Waals surface area contributed by atoms with E-state index in [0.717, 1.165) is 24.9 Å². The summed E-state index contributed by atoms with van der Waals surface area (Å²) in [5, 5.41) is 3.69. The quantitative estimate of drug-likeness (QED) is 0.576. The van der Waals surface area contributed by atoms with Crippen molar-refractivity contribution in [3.63, 3.8) is 0 Å². The fraction of sp³-hybridized carbons (Fsp3) is 0.300. The van der Waals surface area contributed by atoms with Gasteiger partial charge < -0.3 is 10.1 Å². The number of anilines is 3. The fourth-order valence-electron chi connectivity index (χ4n) is 3.38. The molecule has 2 aromatic carbocycles. The molecule has 11 heteroatoms. The maximum absolute atomic E-state index is 13.5. The Kier molecular flexibility index (Phi) is 6.24. The molecule has 0 amide bonds. The third kappa shape index (κ3) is 5.40. The van der Waals surface area contributed by atoms with Gasteiger partial charge in [-0.2, -0.15) is 0 Å². The van der Waals surface area contributed by atoms with Crippen LogP contribution < -0.4 is 10.0 Å². The van der Waals surface area contributed by atoms with E-state index in [4.69, 9.17) is 16.3 Å². The smallest absolute Gasteiger partial charge is 0.229 e. The lowest BCUT2D eigenvalue weighted by Crippen LogP contribution is -2.35. The number of hydrogen-bond donors (Lipinski definition) is 2. The van der Waals surface area contributed by atoms with Gasteiger partial charge in [0.05, 0.1) is 35.7 Å². The number of fused-ring (bicyclic) bond motifs is 1. The molecule has 1 aliphatic rings. The molecular formula is C20H21ClFN5O3S. The van der Waals surface area contributed by atoms with E-state index in [0.29, 0.717) is 47.9 Å². The molecule has 0 atom stereocenters. The Labute approximate surface area is 184 Å². The van der Waals surface area contributed by atoms with Crippen LogP contribution in [0.5, 0.6) is 0 Å². The highest BCUT2D eigenvalue weighted by molar-refractivity contribution is 7.92. The van der Waals surface area contributed by atoms with Crippen molar-refractivity contribution in [1.82, 2.24) is 14.9 Å². The second-order valence-corrected chi connectivity index (χ2v) is 9.42. The Morgan fingerprint density at radius 1 is 1.19 bits per heavy atom. The summed E-state index contributed by atoms with van der Waals surface area (Å²) in [5.41, 5.74) is 2.44. The third-order valence-corrected chi connectivity index (χ3v) is 5.72. The average molecular weight is 466 g/mol. The molecule has 0 spiro atoms. The monoisotopic (exact) mass is 465 g/mol. The van der Waals surface area contributed by atoms with Crippen LogP contribution in [-0.4, -0.2) is 55.8 Å². The highest BCUT2D eigenvalue weighted by Crippen LogP contribution is 2.31. The molecule has 0 aliphatic carbocycles. The fourth-order valence-corrected chi connectivity index (χ4v) is 4.15. The van der Waals surface area contributed by atoms with Gasteiger partial charge in [-0.3, -0.25) is 9.62 Å². The molecule has 0 radical (unpaired) electrons. The summed E-state index contributed by atoms with van der Waals surface area (Å²) in [6, 6.07) is 7.80.